The van der Waals surface area contributed by atoms with Crippen LogP contribution in [0.2, 0.25) is 0 Å². The zero-order valence-corrected chi connectivity index (χ0v) is 43.7. The Morgan fingerprint density at radius 2 is 0.691 bits per heavy atom. The molecule has 0 atom stereocenters. The molecule has 0 radical (unpaired) electrons. The molecule has 2 aliphatic carbocycles. The number of thiophene rings is 4. The van der Waals surface area contributed by atoms with Crippen LogP contribution in [0.3, 0.4) is 0 Å². The topological polar surface area (TPSA) is 78.1 Å². The number of nitrogens with zero attached hydrogens (tertiary/aromatic N) is 2. The van der Waals surface area contributed by atoms with E-state index in [4.69, 9.17) is 0 Å². The number of carbonyl (C=O) groups is 4. The molecule has 0 saturated heterocycles. The molecule has 6 nitrogen and oxygen atoms in total. The Balaban J connectivity index is 0.941. The molecule has 9 aromatic rings. The molecular weight excluding hydrogens is 917 g/mol. The lowest BCUT2D eigenvalue weighted by atomic mass is 9.80. The SMILES string of the molecule is CC(C)(C)c1cc(-n2c3ccsc3c3sc(C=C4C(=O)c5cc6c(cc5C4=O)C(=O)C(=Cc4cc5c(s4)c4sccc4n5-c4cc(C(C)(C)C)cc(C(C)(C)C)c4)C6=O)cc32)cc(C(C)(C)C)c1. The summed E-state index contributed by atoms with van der Waals surface area (Å²) in [5.41, 5.74) is 11.9. The second kappa shape index (κ2) is 14.9. The van der Waals surface area contributed by atoms with Crippen LogP contribution in [-0.2, 0) is 21.7 Å². The summed E-state index contributed by atoms with van der Waals surface area (Å²) >= 11 is 6.48. The van der Waals surface area contributed by atoms with Crippen LogP contribution in [0, 0.1) is 0 Å². The van der Waals surface area contributed by atoms with E-state index in [1.807, 2.05) is 0 Å². The molecule has 2 aliphatic rings. The fourth-order valence-electron chi connectivity index (χ4n) is 9.61. The fourth-order valence-corrected chi connectivity index (χ4v) is 13.9. The van der Waals surface area contributed by atoms with E-state index in [9.17, 15) is 19.2 Å². The Hall–Kier alpha value is -5.78. The van der Waals surface area contributed by atoms with Crippen LogP contribution >= 0.6 is 45.3 Å². The van der Waals surface area contributed by atoms with E-state index in [0.717, 1.165) is 62.0 Å². The highest BCUT2D eigenvalue weighted by molar-refractivity contribution is 7.27. The molecule has 342 valence electrons. The first kappa shape index (κ1) is 44.7. The van der Waals surface area contributed by atoms with Gasteiger partial charge in [-0.2, -0.15) is 0 Å². The Morgan fingerprint density at radius 1 is 0.382 bits per heavy atom. The van der Waals surface area contributed by atoms with Gasteiger partial charge in [-0.15, -0.1) is 45.3 Å². The number of fused-ring (bicyclic) bond motifs is 8. The van der Waals surface area contributed by atoms with Gasteiger partial charge in [0.05, 0.1) is 52.0 Å². The maximum absolute atomic E-state index is 14.2. The number of hydrogen-bond acceptors (Lipinski definition) is 8. The van der Waals surface area contributed by atoms with Gasteiger partial charge in [0.1, 0.15) is 0 Å². The summed E-state index contributed by atoms with van der Waals surface area (Å²) in [7, 11) is 0. The van der Waals surface area contributed by atoms with Crippen LogP contribution in [0.4, 0.5) is 0 Å². The lowest BCUT2D eigenvalue weighted by molar-refractivity contribution is 0.0978. The number of aromatic nitrogens is 2. The molecule has 0 saturated carbocycles. The van der Waals surface area contributed by atoms with Crippen molar-refractivity contribution >= 4 is 121 Å². The zero-order chi connectivity index (χ0) is 48.3. The van der Waals surface area contributed by atoms with Gasteiger partial charge in [-0.3, -0.25) is 19.2 Å². The number of hydrogen-bond donors (Lipinski definition) is 0. The third kappa shape index (κ3) is 6.96. The van der Waals surface area contributed by atoms with Crippen molar-refractivity contribution in [2.24, 2.45) is 0 Å². The lowest BCUT2D eigenvalue weighted by Gasteiger charge is -2.26. The van der Waals surface area contributed by atoms with E-state index in [2.05, 4.69) is 164 Å². The van der Waals surface area contributed by atoms with Crippen LogP contribution in [0.25, 0.3) is 64.4 Å². The standard InChI is InChI=1S/C58H52N2O4S4/c1-55(2,3)29-17-30(56(4,5)6)20-33(19-29)59-43-13-15-65-51(43)53-45(59)25-35(67-53)23-41-47(61)37-27-39-40(28-38(37)48(41)62)50(64)42(49(39)63)24-36-26-46-54(68-36)52-44(14-16-66-52)60(46)34-21-31(57(7,8)9)18-32(22-34)58(10,11)12/h13-28H,1-12H3. The molecule has 0 amide bonds. The molecule has 0 fully saturated rings. The van der Waals surface area contributed by atoms with E-state index in [-0.39, 0.29) is 55.1 Å². The minimum Gasteiger partial charge on any atom is -0.307 e. The van der Waals surface area contributed by atoms with Gasteiger partial charge in [0.15, 0.2) is 23.1 Å². The molecular formula is C58H52N2O4S4. The molecule has 0 spiro atoms. The monoisotopic (exact) mass is 968 g/mol. The predicted octanol–water partition coefficient (Wildman–Crippen LogP) is 16.2. The molecule has 0 unspecified atom stereocenters. The summed E-state index contributed by atoms with van der Waals surface area (Å²) < 4.78 is 9.09. The number of ketones is 4. The zero-order valence-electron chi connectivity index (χ0n) is 40.4. The van der Waals surface area contributed by atoms with Gasteiger partial charge < -0.3 is 9.13 Å². The van der Waals surface area contributed by atoms with Crippen LogP contribution in [0.1, 0.15) is 157 Å². The molecule has 10 heteroatoms. The second-order valence-corrected chi connectivity index (χ2v) is 26.6. The summed E-state index contributed by atoms with van der Waals surface area (Å²) in [6, 6.07) is 25.1. The van der Waals surface area contributed by atoms with Crippen molar-refractivity contribution in [3.05, 3.63) is 149 Å². The van der Waals surface area contributed by atoms with Crippen molar-refractivity contribution in [3.8, 4) is 11.4 Å². The van der Waals surface area contributed by atoms with E-state index in [1.54, 1.807) is 57.5 Å². The van der Waals surface area contributed by atoms with Crippen LogP contribution in [-0.4, -0.2) is 32.3 Å². The van der Waals surface area contributed by atoms with Crippen LogP contribution < -0.4 is 0 Å². The Morgan fingerprint density at radius 3 is 0.985 bits per heavy atom. The van der Waals surface area contributed by atoms with Gasteiger partial charge in [0.2, 0.25) is 0 Å². The highest BCUT2D eigenvalue weighted by atomic mass is 32.1. The summed E-state index contributed by atoms with van der Waals surface area (Å²) in [6.07, 6.45) is 3.37. The quantitative estimate of drug-likeness (QED) is 0.130. The second-order valence-electron chi connectivity index (χ2n) is 22.6. The Bertz CT molecular complexity index is 3430. The minimum absolute atomic E-state index is 0.0372. The van der Waals surface area contributed by atoms with E-state index in [0.29, 0.717) is 0 Å². The molecule has 68 heavy (non-hydrogen) atoms. The first-order chi connectivity index (χ1) is 31.9. The smallest absolute Gasteiger partial charge is 0.197 e. The number of benzene rings is 3. The first-order valence-corrected chi connectivity index (χ1v) is 26.4. The van der Waals surface area contributed by atoms with Gasteiger partial charge >= 0.3 is 0 Å². The normalized spacial score (nSPS) is 14.8. The Kier molecular flexibility index (Phi) is 9.77. The number of carbonyl (C=O) groups excluding carboxylic acids is 4. The minimum atomic E-state index is -0.438. The molecule has 0 bridgehead atoms. The summed E-state index contributed by atoms with van der Waals surface area (Å²) in [4.78, 5) is 58.4. The predicted molar refractivity (Wildman–Crippen MR) is 288 cm³/mol. The van der Waals surface area contributed by atoms with Crippen molar-refractivity contribution in [3.63, 3.8) is 0 Å². The summed E-state index contributed by atoms with van der Waals surface area (Å²) in [6.45, 7) is 26.8. The summed E-state index contributed by atoms with van der Waals surface area (Å²) in [5.74, 6) is -1.75. The highest BCUT2D eigenvalue weighted by Gasteiger charge is 2.41. The van der Waals surface area contributed by atoms with Crippen molar-refractivity contribution in [1.82, 2.24) is 9.13 Å². The van der Waals surface area contributed by atoms with Gasteiger partial charge in [-0.1, -0.05) is 95.2 Å². The molecule has 3 aromatic carbocycles. The maximum Gasteiger partial charge on any atom is 0.197 e. The fraction of sp³-hybridized carbons (Fsp3) is 0.276. The summed E-state index contributed by atoms with van der Waals surface area (Å²) in [5, 5.41) is 4.21. The van der Waals surface area contributed by atoms with E-state index < -0.39 is 23.1 Å². The van der Waals surface area contributed by atoms with Gasteiger partial charge in [-0.25, -0.2) is 0 Å². The molecule has 6 aromatic heterocycles. The molecule has 11 rings (SSSR count). The van der Waals surface area contributed by atoms with Crippen molar-refractivity contribution < 1.29 is 19.2 Å². The van der Waals surface area contributed by atoms with E-state index in [1.165, 1.54) is 34.4 Å². The average Bonchev–Trinajstić information content (AvgIpc) is 4.14. The molecule has 0 N–H and O–H groups in total. The van der Waals surface area contributed by atoms with Crippen LogP contribution in [0.5, 0.6) is 0 Å². The third-order valence-electron chi connectivity index (χ3n) is 13.6. The highest BCUT2D eigenvalue weighted by Crippen LogP contribution is 2.46. The number of Topliss-reactive ketones (excluding diaryl/α,β-unsaturated/α-hetero) is 4. The molecule has 6 heterocycles. The number of rotatable bonds is 4. The van der Waals surface area contributed by atoms with Gasteiger partial charge in [-0.05, 0) is 127 Å². The maximum atomic E-state index is 14.2. The van der Waals surface area contributed by atoms with Crippen molar-refractivity contribution in [1.29, 1.82) is 0 Å². The number of allylic oxidation sites excluding steroid dienone is 2. The first-order valence-electron chi connectivity index (χ1n) is 23.0. The van der Waals surface area contributed by atoms with Crippen molar-refractivity contribution in [2.45, 2.75) is 105 Å². The van der Waals surface area contributed by atoms with Crippen molar-refractivity contribution in [2.75, 3.05) is 0 Å². The third-order valence-corrected chi connectivity index (χ3v) is 17.9. The lowest BCUT2D eigenvalue weighted by Crippen LogP contribution is -2.17. The Labute approximate surface area is 412 Å². The van der Waals surface area contributed by atoms with E-state index >= 15 is 0 Å². The average molecular weight is 969 g/mol. The largest absolute Gasteiger partial charge is 0.307 e. The molecule has 0 aliphatic heterocycles. The van der Waals surface area contributed by atoms with Gasteiger partial charge in [0.25, 0.3) is 0 Å². The van der Waals surface area contributed by atoms with Crippen LogP contribution in [0.15, 0.2) is 94.7 Å². The van der Waals surface area contributed by atoms with Gasteiger partial charge in [0, 0.05) is 43.4 Å².